The van der Waals surface area contributed by atoms with Crippen LogP contribution < -0.4 is 0 Å². The first-order valence-electron chi connectivity index (χ1n) is 12.1. The standard InChI is InChI=1S/C24H30N2O8S4/c1-15-5-7-19(9-17(15)3)37(31,32)25-21-11-35(27,28)13-23(21)26(24-14-36(29,30)12-22(24)25)38(33,34)20-8-6-16(2)18(4)10-20/h5-10,21-24H,11-14H2,1-4H3/t21-,22-,23-,24+/m1/s1. The minimum absolute atomic E-state index is 0.0860. The predicted molar refractivity (Wildman–Crippen MR) is 142 cm³/mol. The third-order valence-electron chi connectivity index (χ3n) is 8.00. The minimum atomic E-state index is -4.37. The first-order chi connectivity index (χ1) is 17.4. The van der Waals surface area contributed by atoms with Crippen molar-refractivity contribution in [3.63, 3.8) is 0 Å². The molecule has 0 saturated carbocycles. The van der Waals surface area contributed by atoms with Crippen molar-refractivity contribution in [3.05, 3.63) is 58.7 Å². The Kier molecular flexibility index (Phi) is 6.44. The van der Waals surface area contributed by atoms with E-state index in [1.165, 1.54) is 24.3 Å². The molecule has 0 amide bonds. The number of piperazine rings is 1. The minimum Gasteiger partial charge on any atom is -0.229 e. The molecule has 2 aromatic rings. The van der Waals surface area contributed by atoms with Gasteiger partial charge in [0.2, 0.25) is 20.0 Å². The number of sulfonamides is 2. The molecule has 3 saturated heterocycles. The van der Waals surface area contributed by atoms with Crippen LogP contribution in [-0.4, -0.2) is 89.5 Å². The molecule has 4 atom stereocenters. The number of sulfone groups is 2. The van der Waals surface area contributed by atoms with Crippen molar-refractivity contribution in [2.24, 2.45) is 0 Å². The van der Waals surface area contributed by atoms with Crippen LogP contribution in [0.2, 0.25) is 0 Å². The van der Waals surface area contributed by atoms with E-state index in [2.05, 4.69) is 0 Å². The molecule has 2 aromatic carbocycles. The van der Waals surface area contributed by atoms with Crippen molar-refractivity contribution in [3.8, 4) is 0 Å². The number of hydrogen-bond donors (Lipinski definition) is 0. The smallest absolute Gasteiger partial charge is 0.229 e. The maximum Gasteiger partial charge on any atom is 0.243 e. The largest absolute Gasteiger partial charge is 0.243 e. The quantitative estimate of drug-likeness (QED) is 0.503. The third-order valence-corrected chi connectivity index (χ3v) is 15.3. The zero-order chi connectivity index (χ0) is 28.0. The van der Waals surface area contributed by atoms with Gasteiger partial charge in [-0.2, -0.15) is 8.61 Å². The Morgan fingerprint density at radius 3 is 1.11 bits per heavy atom. The fourth-order valence-electron chi connectivity index (χ4n) is 5.79. The highest BCUT2D eigenvalue weighted by Gasteiger charge is 2.63. The summed E-state index contributed by atoms with van der Waals surface area (Å²) in [5.41, 5.74) is 3.12. The molecule has 3 aliphatic rings. The van der Waals surface area contributed by atoms with E-state index in [4.69, 9.17) is 0 Å². The zero-order valence-electron chi connectivity index (χ0n) is 21.4. The van der Waals surface area contributed by atoms with Crippen molar-refractivity contribution in [1.82, 2.24) is 8.61 Å². The van der Waals surface area contributed by atoms with E-state index in [-0.39, 0.29) is 9.79 Å². The molecule has 0 aliphatic carbocycles. The van der Waals surface area contributed by atoms with Gasteiger partial charge in [0, 0.05) is 0 Å². The van der Waals surface area contributed by atoms with Crippen LogP contribution in [-0.2, 0) is 39.7 Å². The summed E-state index contributed by atoms with van der Waals surface area (Å²) in [6.07, 6.45) is 0. The molecule has 0 aromatic heterocycles. The predicted octanol–water partition coefficient (Wildman–Crippen LogP) is 0.947. The third kappa shape index (κ3) is 4.42. The second-order valence-corrected chi connectivity index (χ2v) is 18.6. The summed E-state index contributed by atoms with van der Waals surface area (Å²) in [6, 6.07) is 3.98. The average Bonchev–Trinajstić information content (AvgIpc) is 3.27. The molecule has 208 valence electrons. The van der Waals surface area contributed by atoms with Gasteiger partial charge in [-0.05, 0) is 74.2 Å². The lowest BCUT2D eigenvalue weighted by atomic mass is 10.0. The molecule has 14 heteroatoms. The maximum atomic E-state index is 14.0. The molecule has 0 spiro atoms. The Labute approximate surface area is 224 Å². The van der Waals surface area contributed by atoms with Crippen LogP contribution in [0.1, 0.15) is 22.3 Å². The number of fused-ring (bicyclic) bond motifs is 2. The molecular weight excluding hydrogens is 573 g/mol. The van der Waals surface area contributed by atoms with Gasteiger partial charge in [-0.15, -0.1) is 0 Å². The van der Waals surface area contributed by atoms with Crippen LogP contribution in [0.3, 0.4) is 0 Å². The van der Waals surface area contributed by atoms with Gasteiger partial charge in [-0.3, -0.25) is 0 Å². The topological polar surface area (TPSA) is 143 Å². The molecule has 0 unspecified atom stereocenters. The van der Waals surface area contributed by atoms with E-state index in [0.29, 0.717) is 11.1 Å². The van der Waals surface area contributed by atoms with Gasteiger partial charge >= 0.3 is 0 Å². The highest BCUT2D eigenvalue weighted by molar-refractivity contribution is 7.93. The monoisotopic (exact) mass is 602 g/mol. The van der Waals surface area contributed by atoms with Crippen LogP contribution in [0.5, 0.6) is 0 Å². The summed E-state index contributed by atoms with van der Waals surface area (Å²) in [6.45, 7) is 7.13. The lowest BCUT2D eigenvalue weighted by Gasteiger charge is -2.49. The van der Waals surface area contributed by atoms with E-state index in [1.807, 2.05) is 13.8 Å². The lowest BCUT2D eigenvalue weighted by molar-refractivity contribution is 0.0841. The number of rotatable bonds is 4. The van der Waals surface area contributed by atoms with E-state index < -0.39 is 86.9 Å². The van der Waals surface area contributed by atoms with Gasteiger partial charge < -0.3 is 0 Å². The summed E-state index contributed by atoms with van der Waals surface area (Å²) in [4.78, 5) is -0.172. The van der Waals surface area contributed by atoms with Gasteiger partial charge in [0.15, 0.2) is 19.7 Å². The van der Waals surface area contributed by atoms with Crippen molar-refractivity contribution < 1.29 is 33.7 Å². The summed E-state index contributed by atoms with van der Waals surface area (Å²) >= 11 is 0. The summed E-state index contributed by atoms with van der Waals surface area (Å²) in [7, 11) is -16.4. The molecule has 5 rings (SSSR count). The van der Waals surface area contributed by atoms with E-state index in [9.17, 15) is 33.7 Å². The van der Waals surface area contributed by atoms with Gasteiger partial charge in [0.25, 0.3) is 0 Å². The lowest BCUT2D eigenvalue weighted by Crippen LogP contribution is -2.69. The number of nitrogens with zero attached hydrogens (tertiary/aromatic N) is 2. The molecule has 0 bridgehead atoms. The zero-order valence-corrected chi connectivity index (χ0v) is 24.7. The number of aryl methyl sites for hydroxylation is 4. The fraction of sp³-hybridized carbons (Fsp3) is 0.500. The molecule has 10 nitrogen and oxygen atoms in total. The van der Waals surface area contributed by atoms with Crippen LogP contribution in [0.4, 0.5) is 0 Å². The van der Waals surface area contributed by atoms with Gasteiger partial charge in [-0.25, -0.2) is 33.7 Å². The first-order valence-corrected chi connectivity index (χ1v) is 18.6. The van der Waals surface area contributed by atoms with E-state index in [0.717, 1.165) is 19.7 Å². The SMILES string of the molecule is Cc1ccc(S(=O)(=O)N2[C@@H]3CS(=O)(=O)C[C@H]3N(S(=O)(=O)c3ccc(C)c(C)c3)[C@H]3CS(=O)(=O)C[C@H]32)cc1C. The summed E-state index contributed by atoms with van der Waals surface area (Å²) < 4.78 is 110. The number of hydrogen-bond acceptors (Lipinski definition) is 8. The highest BCUT2D eigenvalue weighted by atomic mass is 32.2. The van der Waals surface area contributed by atoms with Crippen molar-refractivity contribution >= 4 is 39.7 Å². The highest BCUT2D eigenvalue weighted by Crippen LogP contribution is 2.43. The Bertz CT molecular complexity index is 1600. The van der Waals surface area contributed by atoms with Gasteiger partial charge in [0.05, 0.1) is 57.0 Å². The first kappa shape index (κ1) is 27.7. The molecule has 3 heterocycles. The average molecular weight is 603 g/mol. The summed E-state index contributed by atoms with van der Waals surface area (Å²) in [5.74, 6) is -2.37. The van der Waals surface area contributed by atoms with Crippen LogP contribution in [0.15, 0.2) is 46.2 Å². The molecule has 0 N–H and O–H groups in total. The Morgan fingerprint density at radius 2 is 0.842 bits per heavy atom. The Morgan fingerprint density at radius 1 is 0.553 bits per heavy atom. The van der Waals surface area contributed by atoms with Crippen molar-refractivity contribution in [2.75, 3.05) is 23.0 Å². The Balaban J connectivity index is 1.71. The van der Waals surface area contributed by atoms with Crippen LogP contribution in [0, 0.1) is 27.7 Å². The van der Waals surface area contributed by atoms with E-state index in [1.54, 1.807) is 26.0 Å². The van der Waals surface area contributed by atoms with Gasteiger partial charge in [0.1, 0.15) is 0 Å². The van der Waals surface area contributed by atoms with Crippen molar-refractivity contribution in [1.29, 1.82) is 0 Å². The van der Waals surface area contributed by atoms with Gasteiger partial charge in [-0.1, -0.05) is 12.1 Å². The second kappa shape index (κ2) is 8.83. The molecular formula is C24H30N2O8S4. The normalized spacial score (nSPS) is 29.2. The maximum absolute atomic E-state index is 14.0. The molecule has 3 aliphatic heterocycles. The van der Waals surface area contributed by atoms with Crippen LogP contribution in [0.25, 0.3) is 0 Å². The molecule has 3 fully saturated rings. The fourth-order valence-corrected chi connectivity index (χ4v) is 14.0. The van der Waals surface area contributed by atoms with Crippen molar-refractivity contribution in [2.45, 2.75) is 61.7 Å². The summed E-state index contributed by atoms with van der Waals surface area (Å²) in [5, 5.41) is 0. The van der Waals surface area contributed by atoms with E-state index >= 15 is 0 Å². The van der Waals surface area contributed by atoms with Crippen LogP contribution >= 0.6 is 0 Å². The Hall–Kier alpha value is -1.84. The second-order valence-electron chi connectivity index (χ2n) is 10.6. The number of benzene rings is 2. The molecule has 0 radical (unpaired) electrons. The molecule has 38 heavy (non-hydrogen) atoms.